The number of likely N-dealkylation sites (tertiary alicyclic amines) is 1. The van der Waals surface area contributed by atoms with Gasteiger partial charge < -0.3 is 5.11 Å². The summed E-state index contributed by atoms with van der Waals surface area (Å²) in [5.74, 6) is -0.0450. The molecule has 20 heavy (non-hydrogen) atoms. The summed E-state index contributed by atoms with van der Waals surface area (Å²) < 4.78 is 0. The van der Waals surface area contributed by atoms with Gasteiger partial charge in [0.05, 0.1) is 0 Å². The van der Waals surface area contributed by atoms with E-state index in [2.05, 4.69) is 9.88 Å². The third kappa shape index (κ3) is 2.70. The molecule has 1 aromatic heterocycles. The molecular formula is C16H22N2O2. The summed E-state index contributed by atoms with van der Waals surface area (Å²) in [5, 5.41) is 9.48. The monoisotopic (exact) mass is 274 g/mol. The highest BCUT2D eigenvalue weighted by Gasteiger charge is 2.44. The molecular weight excluding hydrogens is 252 g/mol. The fourth-order valence-corrected chi connectivity index (χ4v) is 3.92. The molecule has 0 amide bonds. The number of carbonyl (C=O) groups is 1. The molecule has 3 atom stereocenters. The Morgan fingerprint density at radius 2 is 2.05 bits per heavy atom. The van der Waals surface area contributed by atoms with Gasteiger partial charge in [-0.05, 0) is 49.3 Å². The fourth-order valence-electron chi connectivity index (χ4n) is 3.92. The molecule has 1 aromatic rings. The molecule has 1 N–H and O–H groups in total. The van der Waals surface area contributed by atoms with Crippen molar-refractivity contribution in [3.63, 3.8) is 0 Å². The largest absolute Gasteiger partial charge is 0.480 e. The van der Waals surface area contributed by atoms with E-state index in [1.54, 1.807) is 12.4 Å². The number of aromatic nitrogens is 1. The predicted molar refractivity (Wildman–Crippen MR) is 76.4 cm³/mol. The molecule has 0 aromatic carbocycles. The summed E-state index contributed by atoms with van der Waals surface area (Å²) >= 11 is 0. The van der Waals surface area contributed by atoms with Gasteiger partial charge in [-0.25, -0.2) is 0 Å². The highest BCUT2D eigenvalue weighted by molar-refractivity contribution is 5.74. The lowest BCUT2D eigenvalue weighted by Crippen LogP contribution is -2.43. The van der Waals surface area contributed by atoms with Crippen molar-refractivity contribution in [2.45, 2.75) is 50.6 Å². The minimum absolute atomic E-state index is 0.273. The van der Waals surface area contributed by atoms with Gasteiger partial charge in [0.15, 0.2) is 0 Å². The summed E-state index contributed by atoms with van der Waals surface area (Å²) in [6, 6.07) is 4.26. The zero-order chi connectivity index (χ0) is 13.9. The Balaban J connectivity index is 1.69. The molecule has 4 heteroatoms. The van der Waals surface area contributed by atoms with Crippen LogP contribution in [0.25, 0.3) is 0 Å². The first kappa shape index (κ1) is 13.6. The van der Waals surface area contributed by atoms with Gasteiger partial charge >= 0.3 is 5.97 Å². The number of rotatable bonds is 4. The van der Waals surface area contributed by atoms with Crippen molar-refractivity contribution in [1.82, 2.24) is 9.88 Å². The third-order valence-corrected chi connectivity index (χ3v) is 4.91. The number of fused-ring (bicyclic) bond motifs is 1. The molecule has 0 radical (unpaired) electrons. The van der Waals surface area contributed by atoms with Crippen molar-refractivity contribution in [2.24, 2.45) is 5.92 Å². The van der Waals surface area contributed by atoms with Crippen molar-refractivity contribution < 1.29 is 9.90 Å². The van der Waals surface area contributed by atoms with Crippen molar-refractivity contribution in [3.05, 3.63) is 30.1 Å². The summed E-state index contributed by atoms with van der Waals surface area (Å²) in [6.07, 6.45) is 10.3. The Kier molecular flexibility index (Phi) is 4.01. The first-order valence-corrected chi connectivity index (χ1v) is 7.63. The first-order valence-electron chi connectivity index (χ1n) is 7.63. The SMILES string of the molecule is O=C(O)C1CC2CCCCC2N1CCc1ccncc1. The van der Waals surface area contributed by atoms with E-state index in [4.69, 9.17) is 0 Å². The van der Waals surface area contributed by atoms with Crippen LogP contribution in [0.4, 0.5) is 0 Å². The summed E-state index contributed by atoms with van der Waals surface area (Å²) in [6.45, 7) is 0.849. The lowest BCUT2D eigenvalue weighted by atomic mass is 9.84. The molecule has 0 spiro atoms. The van der Waals surface area contributed by atoms with Crippen LogP contribution in [0, 0.1) is 5.92 Å². The predicted octanol–water partition coefficient (Wildman–Crippen LogP) is 2.34. The molecule has 4 nitrogen and oxygen atoms in total. The average molecular weight is 274 g/mol. The van der Waals surface area contributed by atoms with Crippen LogP contribution in [0.5, 0.6) is 0 Å². The van der Waals surface area contributed by atoms with E-state index in [9.17, 15) is 9.90 Å². The Morgan fingerprint density at radius 3 is 2.80 bits per heavy atom. The van der Waals surface area contributed by atoms with Crippen LogP contribution in [0.15, 0.2) is 24.5 Å². The van der Waals surface area contributed by atoms with E-state index in [0.717, 1.165) is 19.4 Å². The van der Waals surface area contributed by atoms with E-state index in [0.29, 0.717) is 12.0 Å². The highest BCUT2D eigenvalue weighted by atomic mass is 16.4. The van der Waals surface area contributed by atoms with Gasteiger partial charge in [-0.1, -0.05) is 12.8 Å². The van der Waals surface area contributed by atoms with Crippen LogP contribution in [0.3, 0.4) is 0 Å². The first-order chi connectivity index (χ1) is 9.75. The van der Waals surface area contributed by atoms with Gasteiger partial charge in [0.1, 0.15) is 6.04 Å². The molecule has 1 saturated heterocycles. The van der Waals surface area contributed by atoms with Crippen molar-refractivity contribution >= 4 is 5.97 Å². The van der Waals surface area contributed by atoms with Crippen LogP contribution in [-0.2, 0) is 11.2 Å². The van der Waals surface area contributed by atoms with Gasteiger partial charge in [0.25, 0.3) is 0 Å². The summed E-state index contributed by atoms with van der Waals surface area (Å²) in [5.41, 5.74) is 1.24. The van der Waals surface area contributed by atoms with Gasteiger partial charge in [0, 0.05) is 25.0 Å². The average Bonchev–Trinajstić information content (AvgIpc) is 2.85. The molecule has 1 saturated carbocycles. The molecule has 3 unspecified atom stereocenters. The van der Waals surface area contributed by atoms with E-state index >= 15 is 0 Å². The Bertz CT molecular complexity index is 463. The maximum atomic E-state index is 11.5. The number of pyridine rings is 1. The summed E-state index contributed by atoms with van der Waals surface area (Å²) in [7, 11) is 0. The molecule has 1 aliphatic carbocycles. The van der Waals surface area contributed by atoms with E-state index in [-0.39, 0.29) is 6.04 Å². The van der Waals surface area contributed by atoms with E-state index in [1.807, 2.05) is 12.1 Å². The van der Waals surface area contributed by atoms with Gasteiger partial charge in [0.2, 0.25) is 0 Å². The lowest BCUT2D eigenvalue weighted by Gasteiger charge is -2.33. The summed E-state index contributed by atoms with van der Waals surface area (Å²) in [4.78, 5) is 17.8. The van der Waals surface area contributed by atoms with E-state index in [1.165, 1.54) is 31.2 Å². The Labute approximate surface area is 119 Å². The highest BCUT2D eigenvalue weighted by Crippen LogP contribution is 2.39. The minimum atomic E-state index is -0.644. The second kappa shape index (κ2) is 5.92. The number of nitrogens with zero attached hydrogens (tertiary/aromatic N) is 2. The van der Waals surface area contributed by atoms with Crippen molar-refractivity contribution in [1.29, 1.82) is 0 Å². The van der Waals surface area contributed by atoms with Crippen LogP contribution in [0.2, 0.25) is 0 Å². The normalized spacial score (nSPS) is 30.1. The minimum Gasteiger partial charge on any atom is -0.480 e. The topological polar surface area (TPSA) is 53.4 Å². The number of aliphatic carboxylic acids is 1. The smallest absolute Gasteiger partial charge is 0.320 e. The molecule has 1 aliphatic heterocycles. The molecule has 3 rings (SSSR count). The Morgan fingerprint density at radius 1 is 1.30 bits per heavy atom. The molecule has 108 valence electrons. The van der Waals surface area contributed by atoms with Crippen LogP contribution < -0.4 is 0 Å². The van der Waals surface area contributed by atoms with Crippen LogP contribution >= 0.6 is 0 Å². The second-order valence-corrected chi connectivity index (χ2v) is 6.04. The quantitative estimate of drug-likeness (QED) is 0.915. The molecule has 2 heterocycles. The molecule has 2 aliphatic rings. The third-order valence-electron chi connectivity index (χ3n) is 4.91. The van der Waals surface area contributed by atoms with Crippen molar-refractivity contribution in [3.8, 4) is 0 Å². The van der Waals surface area contributed by atoms with Gasteiger partial charge in [-0.3, -0.25) is 14.7 Å². The number of carboxylic acid groups (broad SMARTS) is 1. The second-order valence-electron chi connectivity index (χ2n) is 6.04. The lowest BCUT2D eigenvalue weighted by molar-refractivity contribution is -0.142. The fraction of sp³-hybridized carbons (Fsp3) is 0.625. The Hall–Kier alpha value is -1.42. The van der Waals surface area contributed by atoms with Crippen molar-refractivity contribution in [2.75, 3.05) is 6.54 Å². The van der Waals surface area contributed by atoms with E-state index < -0.39 is 5.97 Å². The zero-order valence-electron chi connectivity index (χ0n) is 11.7. The number of hydrogen-bond donors (Lipinski definition) is 1. The number of carboxylic acids is 1. The zero-order valence-corrected chi connectivity index (χ0v) is 11.7. The van der Waals surface area contributed by atoms with Crippen LogP contribution in [0.1, 0.15) is 37.7 Å². The van der Waals surface area contributed by atoms with Crippen LogP contribution in [-0.4, -0.2) is 39.6 Å². The maximum Gasteiger partial charge on any atom is 0.320 e. The number of hydrogen-bond acceptors (Lipinski definition) is 3. The molecule has 0 bridgehead atoms. The van der Waals surface area contributed by atoms with Gasteiger partial charge in [-0.2, -0.15) is 0 Å². The maximum absolute atomic E-state index is 11.5. The molecule has 2 fully saturated rings. The standard InChI is InChI=1S/C16H22N2O2/c19-16(20)15-11-13-3-1-2-4-14(13)18(15)10-7-12-5-8-17-9-6-12/h5-6,8-9,13-15H,1-4,7,10-11H2,(H,19,20). The van der Waals surface area contributed by atoms with Gasteiger partial charge in [-0.15, -0.1) is 0 Å².